The third-order valence-electron chi connectivity index (χ3n) is 4.55. The van der Waals surface area contributed by atoms with Crippen molar-refractivity contribution in [3.8, 4) is 11.4 Å². The summed E-state index contributed by atoms with van der Waals surface area (Å²) < 4.78 is 27.1. The van der Waals surface area contributed by atoms with Crippen LogP contribution in [0.1, 0.15) is 5.56 Å². The Hall–Kier alpha value is -2.58. The summed E-state index contributed by atoms with van der Waals surface area (Å²) in [5.41, 5.74) is 1.87. The highest BCUT2D eigenvalue weighted by Gasteiger charge is 2.22. The van der Waals surface area contributed by atoms with E-state index in [0.29, 0.717) is 42.4 Å². The van der Waals surface area contributed by atoms with Gasteiger partial charge in [0.05, 0.1) is 25.5 Å². The van der Waals surface area contributed by atoms with Crippen LogP contribution < -0.4 is 9.64 Å². The van der Waals surface area contributed by atoms with E-state index < -0.39 is 0 Å². The molecule has 1 aliphatic rings. The Morgan fingerprint density at radius 1 is 1.10 bits per heavy atom. The molecule has 1 saturated heterocycles. The van der Waals surface area contributed by atoms with Crippen molar-refractivity contribution in [3.63, 3.8) is 0 Å². The Bertz CT molecular complexity index is 959. The molecule has 2 heterocycles. The second-order valence-corrected chi connectivity index (χ2v) is 7.77. The van der Waals surface area contributed by atoms with Crippen molar-refractivity contribution in [2.75, 3.05) is 43.6 Å². The normalized spacial score (nSPS) is 14.2. The summed E-state index contributed by atoms with van der Waals surface area (Å²) in [5.74, 6) is 1.97. The van der Waals surface area contributed by atoms with Gasteiger partial charge in [-0.3, -0.25) is 4.57 Å². The highest BCUT2D eigenvalue weighted by atomic mass is 32.2. The van der Waals surface area contributed by atoms with E-state index in [-0.39, 0.29) is 5.82 Å². The maximum absolute atomic E-state index is 13.9. The number of nitrogens with zero attached hydrogens (tertiary/aromatic N) is 4. The molecule has 0 saturated carbocycles. The van der Waals surface area contributed by atoms with Gasteiger partial charge in [-0.05, 0) is 42.8 Å². The molecule has 0 atom stereocenters. The molecular weight excluding hydrogens is 391 g/mol. The zero-order valence-electron chi connectivity index (χ0n) is 16.3. The second-order valence-electron chi connectivity index (χ2n) is 6.71. The van der Waals surface area contributed by atoms with Gasteiger partial charge in [-0.2, -0.15) is 0 Å². The molecule has 8 heteroatoms. The Kier molecular flexibility index (Phi) is 6.31. The number of morpholine rings is 1. The van der Waals surface area contributed by atoms with Crippen LogP contribution in [0.2, 0.25) is 0 Å². The summed E-state index contributed by atoms with van der Waals surface area (Å²) in [6, 6.07) is 14.5. The molecule has 0 N–H and O–H groups in total. The zero-order chi connectivity index (χ0) is 20.1. The Balaban J connectivity index is 1.50. The molecule has 0 bridgehead atoms. The SMILES string of the molecule is Cc1cccc(OCCSc2nnc(N3CCOCC3)n2-c2cccc(F)c2)c1. The van der Waals surface area contributed by atoms with E-state index in [2.05, 4.69) is 15.1 Å². The summed E-state index contributed by atoms with van der Waals surface area (Å²) in [4.78, 5) is 2.12. The summed E-state index contributed by atoms with van der Waals surface area (Å²) in [6.45, 7) is 5.32. The maximum Gasteiger partial charge on any atom is 0.232 e. The number of aromatic nitrogens is 3. The molecule has 152 valence electrons. The van der Waals surface area contributed by atoms with E-state index in [4.69, 9.17) is 9.47 Å². The third-order valence-corrected chi connectivity index (χ3v) is 5.44. The van der Waals surface area contributed by atoms with Gasteiger partial charge in [0, 0.05) is 18.8 Å². The lowest BCUT2D eigenvalue weighted by Gasteiger charge is -2.27. The van der Waals surface area contributed by atoms with E-state index in [1.165, 1.54) is 12.1 Å². The van der Waals surface area contributed by atoms with E-state index in [1.54, 1.807) is 17.8 Å². The largest absolute Gasteiger partial charge is 0.493 e. The molecule has 0 aliphatic carbocycles. The smallest absolute Gasteiger partial charge is 0.232 e. The molecule has 1 fully saturated rings. The molecule has 1 aliphatic heterocycles. The van der Waals surface area contributed by atoms with Gasteiger partial charge in [0.2, 0.25) is 5.95 Å². The first-order chi connectivity index (χ1) is 14.2. The fourth-order valence-corrected chi connectivity index (χ4v) is 3.93. The minimum atomic E-state index is -0.289. The quantitative estimate of drug-likeness (QED) is 0.434. The molecular formula is C21H23FN4O2S. The first kappa shape index (κ1) is 19.7. The average Bonchev–Trinajstić information content (AvgIpc) is 3.16. The van der Waals surface area contributed by atoms with Crippen molar-refractivity contribution >= 4 is 17.7 Å². The van der Waals surface area contributed by atoms with Crippen molar-refractivity contribution in [1.82, 2.24) is 14.8 Å². The lowest BCUT2D eigenvalue weighted by Crippen LogP contribution is -2.37. The van der Waals surface area contributed by atoms with Crippen LogP contribution in [-0.2, 0) is 4.74 Å². The molecule has 1 aromatic heterocycles. The molecule has 2 aromatic carbocycles. The van der Waals surface area contributed by atoms with Crippen LogP contribution in [0.3, 0.4) is 0 Å². The summed E-state index contributed by atoms with van der Waals surface area (Å²) in [5, 5.41) is 9.48. The molecule has 0 unspecified atom stereocenters. The fraction of sp³-hybridized carbons (Fsp3) is 0.333. The number of hydrogen-bond donors (Lipinski definition) is 0. The predicted molar refractivity (Wildman–Crippen MR) is 112 cm³/mol. The molecule has 3 aromatic rings. The van der Waals surface area contributed by atoms with Crippen LogP contribution in [0.15, 0.2) is 53.7 Å². The number of anilines is 1. The first-order valence-corrected chi connectivity index (χ1v) is 10.6. The van der Waals surface area contributed by atoms with Gasteiger partial charge in [0.15, 0.2) is 5.16 Å². The molecule has 0 amide bonds. The van der Waals surface area contributed by atoms with Crippen molar-refractivity contribution in [2.45, 2.75) is 12.1 Å². The fourth-order valence-electron chi connectivity index (χ4n) is 3.16. The van der Waals surface area contributed by atoms with Crippen LogP contribution >= 0.6 is 11.8 Å². The Morgan fingerprint density at radius 2 is 1.93 bits per heavy atom. The lowest BCUT2D eigenvalue weighted by molar-refractivity contribution is 0.122. The van der Waals surface area contributed by atoms with Gasteiger partial charge in [-0.1, -0.05) is 30.0 Å². The van der Waals surface area contributed by atoms with Gasteiger partial charge >= 0.3 is 0 Å². The summed E-state index contributed by atoms with van der Waals surface area (Å²) in [6.07, 6.45) is 0. The van der Waals surface area contributed by atoms with Gasteiger partial charge in [0.25, 0.3) is 0 Å². The molecule has 6 nitrogen and oxygen atoms in total. The van der Waals surface area contributed by atoms with E-state index >= 15 is 0 Å². The standard InChI is InChI=1S/C21H23FN4O2S/c1-16-4-2-7-19(14-16)28-12-13-29-21-24-23-20(25-8-10-27-11-9-25)26(21)18-6-3-5-17(22)15-18/h2-7,14-15H,8-13H2,1H3. The number of rotatable bonds is 7. The van der Waals surface area contributed by atoms with Crippen molar-refractivity contribution in [3.05, 3.63) is 59.9 Å². The summed E-state index contributed by atoms with van der Waals surface area (Å²) >= 11 is 1.54. The van der Waals surface area contributed by atoms with E-state index in [0.717, 1.165) is 24.4 Å². The monoisotopic (exact) mass is 414 g/mol. The van der Waals surface area contributed by atoms with Crippen LogP contribution in [0.4, 0.5) is 10.3 Å². The highest BCUT2D eigenvalue weighted by molar-refractivity contribution is 7.99. The van der Waals surface area contributed by atoms with Gasteiger partial charge in [0.1, 0.15) is 11.6 Å². The van der Waals surface area contributed by atoms with Crippen LogP contribution in [-0.4, -0.2) is 53.4 Å². The average molecular weight is 415 g/mol. The predicted octanol–water partition coefficient (Wildman–Crippen LogP) is 3.72. The Labute approximate surface area is 173 Å². The van der Waals surface area contributed by atoms with E-state index in [9.17, 15) is 4.39 Å². The first-order valence-electron chi connectivity index (χ1n) is 9.57. The van der Waals surface area contributed by atoms with Crippen molar-refractivity contribution in [2.24, 2.45) is 0 Å². The molecule has 0 spiro atoms. The number of thioether (sulfide) groups is 1. The number of benzene rings is 2. The van der Waals surface area contributed by atoms with E-state index in [1.807, 2.05) is 41.8 Å². The molecule has 29 heavy (non-hydrogen) atoms. The summed E-state index contributed by atoms with van der Waals surface area (Å²) in [7, 11) is 0. The lowest BCUT2D eigenvalue weighted by atomic mass is 10.2. The maximum atomic E-state index is 13.9. The minimum Gasteiger partial charge on any atom is -0.493 e. The van der Waals surface area contributed by atoms with Gasteiger partial charge in [-0.15, -0.1) is 10.2 Å². The van der Waals surface area contributed by atoms with Crippen LogP contribution in [0.25, 0.3) is 5.69 Å². The second kappa shape index (κ2) is 9.28. The van der Waals surface area contributed by atoms with Gasteiger partial charge < -0.3 is 14.4 Å². The topological polar surface area (TPSA) is 52.4 Å². The number of ether oxygens (including phenoxy) is 2. The minimum absolute atomic E-state index is 0.289. The number of halogens is 1. The zero-order valence-corrected chi connectivity index (χ0v) is 17.1. The number of hydrogen-bond acceptors (Lipinski definition) is 6. The van der Waals surface area contributed by atoms with Crippen LogP contribution in [0.5, 0.6) is 5.75 Å². The van der Waals surface area contributed by atoms with Crippen molar-refractivity contribution in [1.29, 1.82) is 0 Å². The third kappa shape index (κ3) is 4.89. The molecule has 4 rings (SSSR count). The number of aryl methyl sites for hydroxylation is 1. The molecule has 0 radical (unpaired) electrons. The highest BCUT2D eigenvalue weighted by Crippen LogP contribution is 2.27. The van der Waals surface area contributed by atoms with Crippen LogP contribution in [0, 0.1) is 12.7 Å². The van der Waals surface area contributed by atoms with Gasteiger partial charge in [-0.25, -0.2) is 4.39 Å². The Morgan fingerprint density at radius 3 is 2.72 bits per heavy atom. The van der Waals surface area contributed by atoms with Crippen molar-refractivity contribution < 1.29 is 13.9 Å².